The van der Waals surface area contributed by atoms with Crippen LogP contribution in [0.1, 0.15) is 20.8 Å². The van der Waals surface area contributed by atoms with Crippen LogP contribution in [0.5, 0.6) is 0 Å². The van der Waals surface area contributed by atoms with E-state index in [1.54, 1.807) is 22.9 Å². The standard InChI is InChI=1S/C12H15NO2S/c1-12(2,3)15-11(14)13-7-4-5-10-9(13)6-8-16-10/h4-7H,8H2,1-3H3. The topological polar surface area (TPSA) is 29.5 Å². The number of ether oxygens (including phenoxy) is 1. The third kappa shape index (κ3) is 2.32. The predicted octanol–water partition coefficient (Wildman–Crippen LogP) is 3.27. The van der Waals surface area contributed by atoms with Crippen molar-refractivity contribution in [2.75, 3.05) is 5.75 Å². The lowest BCUT2D eigenvalue weighted by molar-refractivity contribution is 0.0386. The van der Waals surface area contributed by atoms with Crippen LogP contribution in [0, 0.1) is 0 Å². The Morgan fingerprint density at radius 1 is 1.50 bits per heavy atom. The number of thioether (sulfide) groups is 1. The Morgan fingerprint density at radius 3 is 2.94 bits per heavy atom. The van der Waals surface area contributed by atoms with Crippen molar-refractivity contribution in [1.29, 1.82) is 0 Å². The maximum absolute atomic E-state index is 11.9. The molecule has 2 aliphatic rings. The average molecular weight is 237 g/mol. The van der Waals surface area contributed by atoms with Gasteiger partial charge >= 0.3 is 6.09 Å². The number of nitrogens with zero attached hydrogens (tertiary/aromatic N) is 1. The molecule has 0 bridgehead atoms. The van der Waals surface area contributed by atoms with E-state index in [2.05, 4.69) is 0 Å². The van der Waals surface area contributed by atoms with Crippen LogP contribution in [0.4, 0.5) is 4.79 Å². The molecule has 0 saturated carbocycles. The smallest absolute Gasteiger partial charge is 0.418 e. The van der Waals surface area contributed by atoms with Crippen molar-refractivity contribution in [3.05, 3.63) is 35.0 Å². The van der Waals surface area contributed by atoms with Crippen LogP contribution in [-0.2, 0) is 4.74 Å². The largest absolute Gasteiger partial charge is 0.443 e. The summed E-state index contributed by atoms with van der Waals surface area (Å²) in [6.45, 7) is 5.60. The molecule has 0 N–H and O–H groups in total. The Hall–Kier alpha value is -1.16. The van der Waals surface area contributed by atoms with Gasteiger partial charge in [-0.15, -0.1) is 11.8 Å². The second kappa shape index (κ2) is 4.01. The van der Waals surface area contributed by atoms with Crippen molar-refractivity contribution in [3.63, 3.8) is 0 Å². The minimum atomic E-state index is -0.460. The summed E-state index contributed by atoms with van der Waals surface area (Å²) in [4.78, 5) is 14.6. The van der Waals surface area contributed by atoms with Gasteiger partial charge in [-0.25, -0.2) is 4.79 Å². The third-order valence-electron chi connectivity index (χ3n) is 2.10. The van der Waals surface area contributed by atoms with Gasteiger partial charge in [0.2, 0.25) is 0 Å². The molecule has 0 aromatic rings. The van der Waals surface area contributed by atoms with Gasteiger partial charge in [0.25, 0.3) is 0 Å². The van der Waals surface area contributed by atoms with Gasteiger partial charge in [0.15, 0.2) is 0 Å². The van der Waals surface area contributed by atoms with Gasteiger partial charge in [0, 0.05) is 16.9 Å². The maximum atomic E-state index is 11.9. The fraction of sp³-hybridized carbons (Fsp3) is 0.417. The summed E-state index contributed by atoms with van der Waals surface area (Å²) in [6.07, 6.45) is 7.36. The van der Waals surface area contributed by atoms with Crippen molar-refractivity contribution < 1.29 is 9.53 Å². The van der Waals surface area contributed by atoms with Gasteiger partial charge in [-0.2, -0.15) is 0 Å². The third-order valence-corrected chi connectivity index (χ3v) is 3.09. The first-order valence-corrected chi connectivity index (χ1v) is 6.20. The summed E-state index contributed by atoms with van der Waals surface area (Å²) >= 11 is 1.73. The second-order valence-corrected chi connectivity index (χ2v) is 5.68. The summed E-state index contributed by atoms with van der Waals surface area (Å²) < 4.78 is 5.34. The molecule has 0 fully saturated rings. The minimum absolute atomic E-state index is 0.317. The number of carbonyl (C=O) groups excluding carboxylic acids is 1. The van der Waals surface area contributed by atoms with E-state index in [1.165, 1.54) is 0 Å². The van der Waals surface area contributed by atoms with Crippen LogP contribution in [0.25, 0.3) is 0 Å². The summed E-state index contributed by atoms with van der Waals surface area (Å²) in [5.41, 5.74) is 0.486. The van der Waals surface area contributed by atoms with Crippen LogP contribution in [0.15, 0.2) is 35.0 Å². The molecule has 0 unspecified atom stereocenters. The Kier molecular flexibility index (Phi) is 2.84. The highest BCUT2D eigenvalue weighted by molar-refractivity contribution is 8.03. The van der Waals surface area contributed by atoms with Gasteiger partial charge in [-0.3, -0.25) is 4.90 Å². The molecule has 4 heteroatoms. The van der Waals surface area contributed by atoms with Gasteiger partial charge in [0.1, 0.15) is 5.60 Å². The molecule has 3 nitrogen and oxygen atoms in total. The van der Waals surface area contributed by atoms with Gasteiger partial charge in [-0.1, -0.05) is 0 Å². The van der Waals surface area contributed by atoms with Crippen LogP contribution in [0.2, 0.25) is 0 Å². The summed E-state index contributed by atoms with van der Waals surface area (Å²) in [5, 5.41) is 0. The SMILES string of the molecule is CC(C)(C)OC(=O)N1C=CC=C2SCC=C21. The lowest BCUT2D eigenvalue weighted by Crippen LogP contribution is -2.33. The molecule has 2 heterocycles. The van der Waals surface area contributed by atoms with E-state index >= 15 is 0 Å². The molecule has 0 atom stereocenters. The van der Waals surface area contributed by atoms with Crippen molar-refractivity contribution >= 4 is 17.9 Å². The molecule has 0 radical (unpaired) electrons. The molecule has 0 aromatic heterocycles. The Labute approximate surface area is 99.8 Å². The quantitative estimate of drug-likeness (QED) is 0.647. The molecule has 86 valence electrons. The van der Waals surface area contributed by atoms with E-state index in [0.29, 0.717) is 0 Å². The molecule has 0 aliphatic carbocycles. The van der Waals surface area contributed by atoms with E-state index in [4.69, 9.17) is 4.74 Å². The van der Waals surface area contributed by atoms with Gasteiger partial charge in [-0.05, 0) is 39.0 Å². The molecule has 0 saturated heterocycles. The number of hydrogen-bond donors (Lipinski definition) is 0. The van der Waals surface area contributed by atoms with E-state index in [0.717, 1.165) is 16.4 Å². The van der Waals surface area contributed by atoms with Crippen molar-refractivity contribution in [2.45, 2.75) is 26.4 Å². The highest BCUT2D eigenvalue weighted by Crippen LogP contribution is 2.36. The lowest BCUT2D eigenvalue weighted by Gasteiger charge is -2.27. The van der Waals surface area contributed by atoms with E-state index in [9.17, 15) is 4.79 Å². The Morgan fingerprint density at radius 2 is 2.25 bits per heavy atom. The summed E-state index contributed by atoms with van der Waals surface area (Å²) in [6, 6.07) is 0. The molecule has 2 rings (SSSR count). The van der Waals surface area contributed by atoms with Crippen LogP contribution < -0.4 is 0 Å². The number of amides is 1. The summed E-state index contributed by atoms with van der Waals surface area (Å²) in [5.74, 6) is 0.919. The minimum Gasteiger partial charge on any atom is -0.443 e. The highest BCUT2D eigenvalue weighted by atomic mass is 32.2. The molecule has 16 heavy (non-hydrogen) atoms. The van der Waals surface area contributed by atoms with Crippen LogP contribution in [0.3, 0.4) is 0 Å². The molecule has 0 spiro atoms. The van der Waals surface area contributed by atoms with E-state index in [1.807, 2.05) is 39.0 Å². The lowest BCUT2D eigenvalue weighted by atomic mass is 10.2. The van der Waals surface area contributed by atoms with E-state index in [-0.39, 0.29) is 6.09 Å². The monoisotopic (exact) mass is 237 g/mol. The number of rotatable bonds is 0. The number of allylic oxidation sites excluding steroid dienone is 2. The zero-order valence-corrected chi connectivity index (χ0v) is 10.5. The molecule has 0 aromatic carbocycles. The Bertz CT molecular complexity index is 402. The first-order valence-electron chi connectivity index (χ1n) is 5.21. The zero-order chi connectivity index (χ0) is 11.8. The predicted molar refractivity (Wildman–Crippen MR) is 65.8 cm³/mol. The zero-order valence-electron chi connectivity index (χ0n) is 9.69. The first-order chi connectivity index (χ1) is 7.47. The molecule has 1 amide bonds. The normalized spacial score (nSPS) is 19.1. The molecular weight excluding hydrogens is 222 g/mol. The van der Waals surface area contributed by atoms with Gasteiger partial charge in [0.05, 0.1) is 5.70 Å². The molecular formula is C12H15NO2S. The Balaban J connectivity index is 2.14. The van der Waals surface area contributed by atoms with Crippen LogP contribution >= 0.6 is 11.8 Å². The fourth-order valence-corrected chi connectivity index (χ4v) is 2.43. The van der Waals surface area contributed by atoms with Crippen molar-refractivity contribution in [3.8, 4) is 0 Å². The van der Waals surface area contributed by atoms with Crippen molar-refractivity contribution in [1.82, 2.24) is 4.90 Å². The average Bonchev–Trinajstić information content (AvgIpc) is 2.61. The number of fused-ring (bicyclic) bond motifs is 1. The number of hydrogen-bond acceptors (Lipinski definition) is 3. The van der Waals surface area contributed by atoms with E-state index < -0.39 is 5.60 Å². The van der Waals surface area contributed by atoms with Gasteiger partial charge < -0.3 is 4.74 Å². The first kappa shape index (κ1) is 11.3. The maximum Gasteiger partial charge on any atom is 0.418 e. The highest BCUT2D eigenvalue weighted by Gasteiger charge is 2.28. The van der Waals surface area contributed by atoms with Crippen molar-refractivity contribution in [2.24, 2.45) is 0 Å². The number of carbonyl (C=O) groups is 1. The molecule has 2 aliphatic heterocycles. The van der Waals surface area contributed by atoms with Crippen LogP contribution in [-0.4, -0.2) is 22.3 Å². The fourth-order valence-electron chi connectivity index (χ4n) is 1.50. The second-order valence-electron chi connectivity index (χ2n) is 4.62. The summed E-state index contributed by atoms with van der Waals surface area (Å²) in [7, 11) is 0.